The molecule has 2 aromatic carbocycles. The van der Waals surface area contributed by atoms with Gasteiger partial charge in [0.05, 0.1) is 12.1 Å². The fraction of sp³-hybridized carbons (Fsp3) is 0.263. The molecule has 0 unspecified atom stereocenters. The van der Waals surface area contributed by atoms with Crippen LogP contribution in [0.4, 0.5) is 5.69 Å². The molecule has 0 aromatic heterocycles. The first kappa shape index (κ1) is 20.2. The molecule has 1 heterocycles. The zero-order valence-corrected chi connectivity index (χ0v) is 16.2. The van der Waals surface area contributed by atoms with Crippen LogP contribution in [0, 0.1) is 0 Å². The molecule has 0 saturated heterocycles. The minimum absolute atomic E-state index is 0.411. The van der Waals surface area contributed by atoms with Gasteiger partial charge in [-0.3, -0.25) is 4.79 Å². The first-order valence-corrected chi connectivity index (χ1v) is 8.80. The summed E-state index contributed by atoms with van der Waals surface area (Å²) in [4.78, 5) is 12.9. The number of aliphatic hydroxyl groups is 1. The van der Waals surface area contributed by atoms with Crippen molar-refractivity contribution in [2.24, 2.45) is 0 Å². The van der Waals surface area contributed by atoms with Crippen molar-refractivity contribution in [3.8, 4) is 5.75 Å². The summed E-state index contributed by atoms with van der Waals surface area (Å²) < 4.78 is 5.27. The zero-order chi connectivity index (χ0) is 19.1. The Morgan fingerprint density at radius 1 is 1.27 bits per heavy atom. The normalized spacial score (nSPS) is 12.4. The number of halogens is 1. The van der Waals surface area contributed by atoms with Gasteiger partial charge >= 0.3 is 0 Å². The van der Waals surface area contributed by atoms with Crippen molar-refractivity contribution in [3.05, 3.63) is 58.1 Å². The molecule has 3 rings (SSSR count). The Labute approximate surface area is 163 Å². The van der Waals surface area contributed by atoms with Gasteiger partial charge < -0.3 is 20.1 Å². The van der Waals surface area contributed by atoms with E-state index in [1.807, 2.05) is 6.07 Å². The molecule has 1 aliphatic rings. The van der Waals surface area contributed by atoms with Gasteiger partial charge in [-0.1, -0.05) is 17.7 Å². The number of fused-ring (bicyclic) bond motifs is 1. The number of hydrogen-bond donors (Lipinski definition) is 2. The summed E-state index contributed by atoms with van der Waals surface area (Å²) in [5, 5.41) is 11.2. The number of nitrogens with one attached hydrogen (secondary N) is 1. The number of carbonyl (C=O) groups excluding carboxylic acids is 1. The molecular weight excluding hydrogens is 372 g/mol. The number of nitrogens with zero attached hydrogens (tertiary/aromatic N) is 1. The van der Waals surface area contributed by atoms with E-state index in [2.05, 4.69) is 22.3 Å². The lowest BCUT2D eigenvalue weighted by Crippen LogP contribution is -2.38. The summed E-state index contributed by atoms with van der Waals surface area (Å²) in [7, 11) is 2.68. The standard InChI is InChI=1S/C18H17ClN2O2S.CH4O/c1-23-16-5-3-13-10-21(7-6-12(13)8-16)18(24)20-15-4-2-14(11-22)17(19)9-15;1-2/h2-5,8-9,11H,6-7,10H2,1H3,(H,20,24);2H,1H3. The fourth-order valence-corrected chi connectivity index (χ4v) is 3.23. The lowest BCUT2D eigenvalue weighted by Gasteiger charge is -2.31. The fourth-order valence-electron chi connectivity index (χ4n) is 2.73. The van der Waals surface area contributed by atoms with E-state index in [1.54, 1.807) is 25.3 Å². The van der Waals surface area contributed by atoms with Crippen LogP contribution in [0.25, 0.3) is 0 Å². The van der Waals surface area contributed by atoms with Gasteiger partial charge in [0.1, 0.15) is 5.75 Å². The highest BCUT2D eigenvalue weighted by Crippen LogP contribution is 2.25. The number of anilines is 1. The van der Waals surface area contributed by atoms with Crippen LogP contribution in [0.2, 0.25) is 5.02 Å². The molecule has 26 heavy (non-hydrogen) atoms. The van der Waals surface area contributed by atoms with Crippen LogP contribution in [0.15, 0.2) is 36.4 Å². The maximum atomic E-state index is 10.8. The molecule has 0 amide bonds. The number of aliphatic hydroxyl groups excluding tert-OH is 1. The quantitative estimate of drug-likeness (QED) is 0.615. The van der Waals surface area contributed by atoms with Gasteiger partial charge in [-0.15, -0.1) is 0 Å². The molecule has 0 saturated carbocycles. The third-order valence-corrected chi connectivity index (χ3v) is 4.78. The van der Waals surface area contributed by atoms with Gasteiger partial charge in [0.15, 0.2) is 11.4 Å². The third kappa shape index (κ3) is 4.72. The summed E-state index contributed by atoms with van der Waals surface area (Å²) in [6.07, 6.45) is 1.65. The van der Waals surface area contributed by atoms with E-state index in [1.165, 1.54) is 11.1 Å². The number of methoxy groups -OCH3 is 1. The maximum absolute atomic E-state index is 10.8. The number of aldehydes is 1. The monoisotopic (exact) mass is 392 g/mol. The van der Waals surface area contributed by atoms with E-state index < -0.39 is 0 Å². The van der Waals surface area contributed by atoms with E-state index >= 15 is 0 Å². The highest BCUT2D eigenvalue weighted by atomic mass is 35.5. The Morgan fingerprint density at radius 3 is 2.69 bits per heavy atom. The van der Waals surface area contributed by atoms with Gasteiger partial charge in [0, 0.05) is 31.5 Å². The second kappa shape index (κ2) is 9.52. The molecule has 138 valence electrons. The predicted octanol–water partition coefficient (Wildman–Crippen LogP) is 3.52. The van der Waals surface area contributed by atoms with Gasteiger partial charge in [0.2, 0.25) is 0 Å². The summed E-state index contributed by atoms with van der Waals surface area (Å²) in [6, 6.07) is 11.3. The van der Waals surface area contributed by atoms with E-state index in [9.17, 15) is 4.79 Å². The van der Waals surface area contributed by atoms with Crippen molar-refractivity contribution in [1.82, 2.24) is 4.90 Å². The van der Waals surface area contributed by atoms with Crippen molar-refractivity contribution >= 4 is 40.9 Å². The van der Waals surface area contributed by atoms with Gasteiger partial charge in [0.25, 0.3) is 0 Å². The van der Waals surface area contributed by atoms with Crippen molar-refractivity contribution in [2.75, 3.05) is 26.1 Å². The van der Waals surface area contributed by atoms with Crippen LogP contribution >= 0.6 is 23.8 Å². The molecule has 0 aliphatic carbocycles. The summed E-state index contributed by atoms with van der Waals surface area (Å²) >= 11 is 11.6. The van der Waals surface area contributed by atoms with E-state index in [0.717, 1.165) is 44.3 Å². The number of carbonyl (C=O) groups is 1. The van der Waals surface area contributed by atoms with Crippen molar-refractivity contribution in [2.45, 2.75) is 13.0 Å². The molecule has 0 bridgehead atoms. The molecule has 0 atom stereocenters. The molecule has 0 fully saturated rings. The maximum Gasteiger partial charge on any atom is 0.173 e. The topological polar surface area (TPSA) is 61.8 Å². The number of benzene rings is 2. The highest BCUT2D eigenvalue weighted by molar-refractivity contribution is 7.80. The number of rotatable bonds is 3. The molecule has 2 aromatic rings. The Morgan fingerprint density at radius 2 is 2.04 bits per heavy atom. The Bertz CT molecular complexity index is 798. The number of thiocarbonyl (C=S) groups is 1. The Hall–Kier alpha value is -2.15. The van der Waals surface area contributed by atoms with Gasteiger partial charge in [-0.25, -0.2) is 0 Å². The number of ether oxygens (including phenoxy) is 1. The first-order valence-electron chi connectivity index (χ1n) is 8.02. The van der Waals surface area contributed by atoms with E-state index in [-0.39, 0.29) is 0 Å². The average molecular weight is 393 g/mol. The molecule has 5 nitrogen and oxygen atoms in total. The molecular formula is C19H21ClN2O3S. The second-order valence-electron chi connectivity index (χ2n) is 5.59. The molecule has 0 spiro atoms. The highest BCUT2D eigenvalue weighted by Gasteiger charge is 2.19. The lowest BCUT2D eigenvalue weighted by atomic mass is 10.00. The average Bonchev–Trinajstić information content (AvgIpc) is 2.68. The van der Waals surface area contributed by atoms with Crippen LogP contribution in [-0.4, -0.2) is 42.2 Å². The first-order chi connectivity index (χ1) is 12.6. The van der Waals surface area contributed by atoms with E-state index in [0.29, 0.717) is 15.7 Å². The lowest BCUT2D eigenvalue weighted by molar-refractivity contribution is 0.112. The van der Waals surface area contributed by atoms with Crippen LogP contribution in [0.3, 0.4) is 0 Å². The summed E-state index contributed by atoms with van der Waals surface area (Å²) in [5.74, 6) is 0.882. The van der Waals surface area contributed by atoms with E-state index in [4.69, 9.17) is 33.7 Å². The predicted molar refractivity (Wildman–Crippen MR) is 108 cm³/mol. The Kier molecular flexibility index (Phi) is 7.38. The molecule has 1 aliphatic heterocycles. The van der Waals surface area contributed by atoms with Crippen LogP contribution in [0.1, 0.15) is 21.5 Å². The smallest absolute Gasteiger partial charge is 0.173 e. The Balaban J connectivity index is 0.00000117. The minimum Gasteiger partial charge on any atom is -0.497 e. The molecule has 7 heteroatoms. The molecule has 2 N–H and O–H groups in total. The van der Waals surface area contributed by atoms with Crippen molar-refractivity contribution in [1.29, 1.82) is 0 Å². The summed E-state index contributed by atoms with van der Waals surface area (Å²) in [5.41, 5.74) is 3.79. The van der Waals surface area contributed by atoms with Crippen LogP contribution in [0.5, 0.6) is 5.75 Å². The van der Waals surface area contributed by atoms with Crippen molar-refractivity contribution in [3.63, 3.8) is 0 Å². The molecule has 0 radical (unpaired) electrons. The summed E-state index contributed by atoms with van der Waals surface area (Å²) in [6.45, 7) is 1.59. The SMILES string of the molecule is CO.COc1ccc2c(c1)CCN(C(=S)Nc1ccc(C=O)c(Cl)c1)C2. The largest absolute Gasteiger partial charge is 0.497 e. The van der Waals surface area contributed by atoms with Crippen LogP contribution < -0.4 is 10.1 Å². The van der Waals surface area contributed by atoms with Crippen molar-refractivity contribution < 1.29 is 14.6 Å². The van der Waals surface area contributed by atoms with Gasteiger partial charge in [-0.05, 0) is 60.1 Å². The van der Waals surface area contributed by atoms with Gasteiger partial charge in [-0.2, -0.15) is 0 Å². The zero-order valence-electron chi connectivity index (χ0n) is 14.7. The number of hydrogen-bond acceptors (Lipinski definition) is 4. The van der Waals surface area contributed by atoms with Crippen LogP contribution in [-0.2, 0) is 13.0 Å². The third-order valence-electron chi connectivity index (χ3n) is 4.09. The minimum atomic E-state index is 0.411. The second-order valence-corrected chi connectivity index (χ2v) is 6.38.